The average Bonchev–Trinajstić information content (AvgIpc) is 4.09. The minimum Gasteiger partial charge on any atom is -0.468 e. The Bertz CT molecular complexity index is 1610. The second-order valence-corrected chi connectivity index (χ2v) is 15.0. The summed E-state index contributed by atoms with van der Waals surface area (Å²) in [5, 5.41) is 7.97. The molecule has 6 rings (SSSR count). The Morgan fingerprint density at radius 2 is 0.541 bits per heavy atom. The van der Waals surface area contributed by atoms with E-state index in [0.29, 0.717) is 0 Å². The van der Waals surface area contributed by atoms with Crippen molar-refractivity contribution in [3.05, 3.63) is 0 Å². The molecule has 6 amide bonds. The average molecular weight is 864 g/mol. The van der Waals surface area contributed by atoms with Crippen LogP contribution >= 0.6 is 0 Å². The van der Waals surface area contributed by atoms with Gasteiger partial charge in [-0.05, 0) is 0 Å². The number of likely N-dealkylation sites (tertiary alicyclic amines) is 3. The molecule has 6 fully saturated rings. The Labute approximate surface area is 346 Å². The van der Waals surface area contributed by atoms with Crippen LogP contribution in [0.3, 0.4) is 0 Å². The van der Waals surface area contributed by atoms with Gasteiger partial charge in [0.2, 0.25) is 35.4 Å². The third kappa shape index (κ3) is 7.37. The summed E-state index contributed by atoms with van der Waals surface area (Å²) in [7, 11) is 6.40. The van der Waals surface area contributed by atoms with Gasteiger partial charge in [-0.3, -0.25) is 93.1 Å². The summed E-state index contributed by atoms with van der Waals surface area (Å²) in [6, 6.07) is -8.23. The van der Waals surface area contributed by atoms with Gasteiger partial charge in [-0.15, -0.1) is 0 Å². The van der Waals surface area contributed by atoms with Gasteiger partial charge in [-0.25, -0.2) is 0 Å². The van der Waals surface area contributed by atoms with E-state index in [1.165, 1.54) is 4.90 Å². The highest BCUT2D eigenvalue weighted by Crippen LogP contribution is 2.40. The molecule has 25 nitrogen and oxygen atoms in total. The van der Waals surface area contributed by atoms with Crippen molar-refractivity contribution in [3.8, 4) is 0 Å². The van der Waals surface area contributed by atoms with Crippen LogP contribution in [-0.4, -0.2) is 209 Å². The molecule has 0 saturated carbocycles. The maximum absolute atomic E-state index is 13.8. The lowest BCUT2D eigenvalue weighted by Gasteiger charge is -2.29. The largest absolute Gasteiger partial charge is 0.468 e. The second kappa shape index (κ2) is 17.6. The summed E-state index contributed by atoms with van der Waals surface area (Å²) in [6.07, 6.45) is 0. The molecule has 3 N–H and O–H groups in total. The Balaban J connectivity index is 1.25. The van der Waals surface area contributed by atoms with Crippen molar-refractivity contribution in [2.24, 2.45) is 35.5 Å². The fourth-order valence-corrected chi connectivity index (χ4v) is 9.40. The number of esters is 6. The first-order valence-corrected chi connectivity index (χ1v) is 19.1. The molecule has 6 saturated heterocycles. The van der Waals surface area contributed by atoms with Crippen LogP contribution in [0.5, 0.6) is 0 Å². The van der Waals surface area contributed by atoms with Crippen LogP contribution in [0.2, 0.25) is 0 Å². The Morgan fingerprint density at radius 3 is 0.689 bits per heavy atom. The first-order valence-electron chi connectivity index (χ1n) is 19.1. The van der Waals surface area contributed by atoms with E-state index in [2.05, 4.69) is 16.0 Å². The van der Waals surface area contributed by atoms with E-state index in [-0.39, 0.29) is 39.3 Å². The van der Waals surface area contributed by atoms with Crippen molar-refractivity contribution in [1.82, 2.24) is 35.6 Å². The maximum Gasteiger partial charge on any atom is 0.323 e. The molecule has 0 aromatic carbocycles. The normalized spacial score (nSPS) is 32.6. The molecule has 12 atom stereocenters. The number of hydrogen-bond donors (Lipinski definition) is 3. The zero-order valence-electron chi connectivity index (χ0n) is 33.8. The van der Waals surface area contributed by atoms with Gasteiger partial charge in [-0.2, -0.15) is 0 Å². The predicted octanol–water partition coefficient (Wildman–Crippen LogP) is -6.85. The highest BCUT2D eigenvalue weighted by molar-refractivity contribution is 6.12. The van der Waals surface area contributed by atoms with E-state index in [0.717, 1.165) is 57.4 Å². The van der Waals surface area contributed by atoms with Crippen LogP contribution in [0, 0.1) is 35.5 Å². The fraction of sp³-hybridized carbons (Fsp3) is 0.667. The number of amides is 6. The number of carbonyl (C=O) groups excluding carboxylic acids is 12. The SMILES string of the molecule is COC(=O)C1NC(C(=O)OC)C2C(=O)N(CCN(CCN3C(=O)C4C(C(=O)OC)NC(C(=O)OC)C4C3=O)CCN3C(=O)C4C(C(=O)OC)NC(C(=O)OC)C4C3=O)C(=O)C12. The molecule has 0 bridgehead atoms. The first kappa shape index (κ1) is 44.6. The van der Waals surface area contributed by atoms with Gasteiger partial charge in [0, 0.05) is 39.3 Å². The van der Waals surface area contributed by atoms with Crippen molar-refractivity contribution in [3.63, 3.8) is 0 Å². The molecule has 0 aromatic rings. The molecule has 61 heavy (non-hydrogen) atoms. The molecule has 12 unspecified atom stereocenters. The van der Waals surface area contributed by atoms with Gasteiger partial charge in [-0.1, -0.05) is 0 Å². The molecule has 332 valence electrons. The molecule has 0 radical (unpaired) electrons. The van der Waals surface area contributed by atoms with Gasteiger partial charge in [0.25, 0.3) is 0 Å². The smallest absolute Gasteiger partial charge is 0.323 e. The first-order chi connectivity index (χ1) is 29.0. The van der Waals surface area contributed by atoms with E-state index in [1.807, 2.05) is 0 Å². The van der Waals surface area contributed by atoms with Gasteiger partial charge in [0.05, 0.1) is 78.2 Å². The maximum atomic E-state index is 13.8. The summed E-state index contributed by atoms with van der Waals surface area (Å²) in [5.41, 5.74) is 0. The van der Waals surface area contributed by atoms with Crippen LogP contribution in [-0.2, 0) is 86.0 Å². The zero-order chi connectivity index (χ0) is 44.8. The van der Waals surface area contributed by atoms with Crippen LogP contribution in [0.4, 0.5) is 0 Å². The Hall–Kier alpha value is -5.92. The summed E-state index contributed by atoms with van der Waals surface area (Å²) >= 11 is 0. The number of ether oxygens (including phenoxy) is 6. The van der Waals surface area contributed by atoms with Gasteiger partial charge < -0.3 is 28.4 Å². The van der Waals surface area contributed by atoms with E-state index >= 15 is 0 Å². The molecule has 0 spiro atoms. The van der Waals surface area contributed by atoms with Crippen molar-refractivity contribution >= 4 is 71.3 Å². The molecule has 6 aliphatic rings. The third-order valence-corrected chi connectivity index (χ3v) is 12.4. The summed E-state index contributed by atoms with van der Waals surface area (Å²) in [4.78, 5) is 163. The molecule has 25 heteroatoms. The van der Waals surface area contributed by atoms with E-state index < -0.39 is 143 Å². The van der Waals surface area contributed by atoms with Crippen molar-refractivity contribution in [1.29, 1.82) is 0 Å². The predicted molar refractivity (Wildman–Crippen MR) is 192 cm³/mol. The second-order valence-electron chi connectivity index (χ2n) is 15.0. The number of nitrogens with zero attached hydrogens (tertiary/aromatic N) is 4. The molecular formula is C36H45N7O18. The van der Waals surface area contributed by atoms with Gasteiger partial charge in [0.15, 0.2) is 0 Å². The topological polar surface area (TPSA) is 309 Å². The minimum absolute atomic E-state index is 0.226. The lowest BCUT2D eigenvalue weighted by atomic mass is 9.89. The zero-order valence-corrected chi connectivity index (χ0v) is 33.8. The van der Waals surface area contributed by atoms with E-state index in [4.69, 9.17) is 28.4 Å². The molecule has 6 aliphatic heterocycles. The fourth-order valence-electron chi connectivity index (χ4n) is 9.40. The number of fused-ring (bicyclic) bond motifs is 3. The lowest BCUT2D eigenvalue weighted by molar-refractivity contribution is -0.150. The van der Waals surface area contributed by atoms with Crippen LogP contribution in [0.25, 0.3) is 0 Å². The number of hydrogen-bond acceptors (Lipinski definition) is 22. The van der Waals surface area contributed by atoms with E-state index in [1.54, 1.807) is 0 Å². The summed E-state index contributed by atoms with van der Waals surface area (Å²) < 4.78 is 28.8. The van der Waals surface area contributed by atoms with Crippen LogP contribution in [0.1, 0.15) is 0 Å². The highest BCUT2D eigenvalue weighted by atomic mass is 16.5. The van der Waals surface area contributed by atoms with Crippen molar-refractivity contribution < 1.29 is 86.0 Å². The Morgan fingerprint density at radius 1 is 0.377 bits per heavy atom. The molecule has 0 aromatic heterocycles. The highest BCUT2D eigenvalue weighted by Gasteiger charge is 2.65. The number of nitrogens with one attached hydrogen (secondary N) is 3. The number of methoxy groups -OCH3 is 6. The quantitative estimate of drug-likeness (QED) is 0.0783. The number of rotatable bonds is 15. The summed E-state index contributed by atoms with van der Waals surface area (Å²) in [5.74, 6) is -18.3. The minimum atomic E-state index is -1.37. The lowest BCUT2D eigenvalue weighted by Crippen LogP contribution is -2.51. The van der Waals surface area contributed by atoms with Gasteiger partial charge >= 0.3 is 35.8 Å². The van der Waals surface area contributed by atoms with Crippen LogP contribution < -0.4 is 16.0 Å². The van der Waals surface area contributed by atoms with Gasteiger partial charge in [0.1, 0.15) is 36.3 Å². The number of carbonyl (C=O) groups is 12. The molecule has 0 aliphatic carbocycles. The summed E-state index contributed by atoms with van der Waals surface area (Å²) in [6.45, 7) is -1.83. The van der Waals surface area contributed by atoms with Crippen molar-refractivity contribution in [2.75, 3.05) is 81.9 Å². The monoisotopic (exact) mass is 863 g/mol. The number of imide groups is 3. The van der Waals surface area contributed by atoms with Crippen LogP contribution in [0.15, 0.2) is 0 Å². The Kier molecular flexibility index (Phi) is 12.9. The molecular weight excluding hydrogens is 818 g/mol. The molecule has 6 heterocycles. The van der Waals surface area contributed by atoms with Crippen molar-refractivity contribution in [2.45, 2.75) is 36.3 Å². The third-order valence-electron chi connectivity index (χ3n) is 12.4. The van der Waals surface area contributed by atoms with E-state index in [9.17, 15) is 57.5 Å². The standard InChI is InChI=1S/C36H45N7O18/c1-56-31(50)19-13-14(20(37-19)32(51)57-2)26(45)41(25(13)44)10-7-40(8-11-42-27(46)15-16(28(42)47)22(34(53)59-4)38-21(15)33(52)58-3)9-12-43-29(48)17-18(30(43)49)24(36(55)61-6)39-23(17)35(54)60-5/h13-24,37-39H,7-12H2,1-6H3.